The van der Waals surface area contributed by atoms with E-state index in [4.69, 9.17) is 5.73 Å². The molecule has 0 aromatic heterocycles. The van der Waals surface area contributed by atoms with Gasteiger partial charge in [-0.2, -0.15) is 0 Å². The van der Waals surface area contributed by atoms with E-state index in [9.17, 15) is 4.79 Å². The van der Waals surface area contributed by atoms with E-state index in [1.165, 1.54) is 17.5 Å². The third-order valence-electron chi connectivity index (χ3n) is 6.20. The van der Waals surface area contributed by atoms with E-state index in [2.05, 4.69) is 65.2 Å². The van der Waals surface area contributed by atoms with Crippen LogP contribution in [0.2, 0.25) is 0 Å². The van der Waals surface area contributed by atoms with Gasteiger partial charge < -0.3 is 16.4 Å². The highest BCUT2D eigenvalue weighted by Crippen LogP contribution is 2.40. The van der Waals surface area contributed by atoms with Gasteiger partial charge in [-0.25, -0.2) is 0 Å². The number of carbonyl (C=O) groups is 1. The monoisotopic (exact) mass is 427 g/mol. The van der Waals surface area contributed by atoms with Crippen molar-refractivity contribution in [2.75, 3.05) is 6.54 Å². The fourth-order valence-corrected chi connectivity index (χ4v) is 4.21. The Balaban J connectivity index is 1.12. The molecule has 3 aromatic carbocycles. The lowest BCUT2D eigenvalue weighted by Crippen LogP contribution is -2.40. The van der Waals surface area contributed by atoms with Crippen LogP contribution in [0.5, 0.6) is 0 Å². The van der Waals surface area contributed by atoms with Crippen molar-refractivity contribution in [3.05, 3.63) is 96.1 Å². The van der Waals surface area contributed by atoms with E-state index < -0.39 is 6.04 Å². The molecular formula is C28H33N3O. The second-order valence-corrected chi connectivity index (χ2v) is 8.70. The van der Waals surface area contributed by atoms with Crippen LogP contribution in [-0.2, 0) is 11.3 Å². The van der Waals surface area contributed by atoms with Crippen LogP contribution in [0.15, 0.2) is 84.9 Å². The van der Waals surface area contributed by atoms with Crippen molar-refractivity contribution in [1.82, 2.24) is 10.6 Å². The Morgan fingerprint density at radius 2 is 1.62 bits per heavy atom. The molecule has 4 N–H and O–H groups in total. The van der Waals surface area contributed by atoms with Crippen LogP contribution >= 0.6 is 0 Å². The van der Waals surface area contributed by atoms with E-state index in [1.54, 1.807) is 0 Å². The highest BCUT2D eigenvalue weighted by Gasteiger charge is 2.37. The third-order valence-corrected chi connectivity index (χ3v) is 6.20. The molecule has 166 valence electrons. The summed E-state index contributed by atoms with van der Waals surface area (Å²) < 4.78 is 0. The lowest BCUT2D eigenvalue weighted by molar-refractivity contribution is -0.122. The fourth-order valence-electron chi connectivity index (χ4n) is 4.21. The van der Waals surface area contributed by atoms with Crippen molar-refractivity contribution in [2.45, 2.75) is 50.2 Å². The Kier molecular flexibility index (Phi) is 7.70. The first-order valence-corrected chi connectivity index (χ1v) is 11.7. The van der Waals surface area contributed by atoms with Gasteiger partial charge in [-0.05, 0) is 54.1 Å². The minimum atomic E-state index is -0.453. The number of rotatable bonds is 11. The molecule has 1 unspecified atom stereocenters. The van der Waals surface area contributed by atoms with Gasteiger partial charge in [0.1, 0.15) is 0 Å². The Labute approximate surface area is 191 Å². The SMILES string of the molecule is NC(CCCCN[C@@H]1C[C@H]1c1ccccc1)C(=O)NCc1cccc(-c2ccccc2)c1. The van der Waals surface area contributed by atoms with Gasteiger partial charge in [-0.1, -0.05) is 85.3 Å². The van der Waals surface area contributed by atoms with Crippen molar-refractivity contribution in [1.29, 1.82) is 0 Å². The average molecular weight is 428 g/mol. The highest BCUT2D eigenvalue weighted by atomic mass is 16.2. The number of hydrogen-bond donors (Lipinski definition) is 3. The van der Waals surface area contributed by atoms with Crippen LogP contribution < -0.4 is 16.4 Å². The maximum atomic E-state index is 12.4. The molecule has 4 heteroatoms. The van der Waals surface area contributed by atoms with E-state index in [-0.39, 0.29) is 5.91 Å². The third kappa shape index (κ3) is 6.28. The summed E-state index contributed by atoms with van der Waals surface area (Å²) in [5.41, 5.74) is 11.0. The lowest BCUT2D eigenvalue weighted by atomic mass is 10.0. The molecule has 0 aliphatic heterocycles. The molecule has 1 aliphatic carbocycles. The van der Waals surface area contributed by atoms with E-state index in [1.807, 2.05) is 30.3 Å². The van der Waals surface area contributed by atoms with Crippen molar-refractivity contribution >= 4 is 5.91 Å². The summed E-state index contributed by atoms with van der Waals surface area (Å²) in [7, 11) is 0. The number of nitrogens with two attached hydrogens (primary N) is 1. The van der Waals surface area contributed by atoms with Crippen LogP contribution in [0.1, 0.15) is 42.7 Å². The van der Waals surface area contributed by atoms with Crippen LogP contribution in [0, 0.1) is 0 Å². The first-order chi connectivity index (χ1) is 15.7. The molecule has 3 atom stereocenters. The molecule has 1 fully saturated rings. The Morgan fingerprint density at radius 1 is 0.906 bits per heavy atom. The van der Waals surface area contributed by atoms with Crippen LogP contribution in [0.4, 0.5) is 0 Å². The van der Waals surface area contributed by atoms with E-state index in [0.717, 1.165) is 30.5 Å². The Morgan fingerprint density at radius 3 is 2.41 bits per heavy atom. The summed E-state index contributed by atoms with van der Waals surface area (Å²) in [6.45, 7) is 1.48. The molecule has 0 saturated heterocycles. The molecule has 32 heavy (non-hydrogen) atoms. The summed E-state index contributed by atoms with van der Waals surface area (Å²) in [5.74, 6) is 0.582. The highest BCUT2D eigenvalue weighted by molar-refractivity contribution is 5.81. The van der Waals surface area contributed by atoms with Gasteiger partial charge in [0.25, 0.3) is 0 Å². The zero-order valence-corrected chi connectivity index (χ0v) is 18.5. The quantitative estimate of drug-likeness (QED) is 0.391. The Bertz CT molecular complexity index is 990. The first kappa shape index (κ1) is 22.3. The van der Waals surface area contributed by atoms with Gasteiger partial charge in [0.05, 0.1) is 6.04 Å². The van der Waals surface area contributed by atoms with E-state index in [0.29, 0.717) is 24.9 Å². The summed E-state index contributed by atoms with van der Waals surface area (Å²) in [6.07, 6.45) is 3.92. The van der Waals surface area contributed by atoms with Crippen molar-refractivity contribution in [3.8, 4) is 11.1 Å². The van der Waals surface area contributed by atoms with Crippen LogP contribution in [0.25, 0.3) is 11.1 Å². The molecule has 0 bridgehead atoms. The summed E-state index contributed by atoms with van der Waals surface area (Å²) in [5, 5.41) is 6.62. The standard InChI is InChI=1S/C28H33N3O/c29-26(16-7-8-17-30-27-19-25(27)23-13-5-2-6-14-23)28(32)31-20-21-10-9-15-24(18-21)22-11-3-1-4-12-22/h1-6,9-15,18,25-27,30H,7-8,16-17,19-20,29H2,(H,31,32)/t25-,26?,27+/m0/s1. The van der Waals surface area contributed by atoms with Gasteiger partial charge in [0.2, 0.25) is 5.91 Å². The lowest BCUT2D eigenvalue weighted by Gasteiger charge is -2.13. The minimum Gasteiger partial charge on any atom is -0.351 e. The molecule has 3 aromatic rings. The normalized spacial score (nSPS) is 18.2. The second kappa shape index (κ2) is 11.1. The summed E-state index contributed by atoms with van der Waals surface area (Å²) in [4.78, 5) is 12.4. The molecule has 4 rings (SSSR count). The van der Waals surface area contributed by atoms with E-state index >= 15 is 0 Å². The summed E-state index contributed by atoms with van der Waals surface area (Å²) >= 11 is 0. The molecule has 1 aliphatic rings. The van der Waals surface area contributed by atoms with Crippen molar-refractivity contribution < 1.29 is 4.79 Å². The second-order valence-electron chi connectivity index (χ2n) is 8.70. The van der Waals surface area contributed by atoms with Gasteiger partial charge in [-0.3, -0.25) is 4.79 Å². The number of unbranched alkanes of at least 4 members (excludes halogenated alkanes) is 1. The molecule has 1 saturated carbocycles. The van der Waals surface area contributed by atoms with Gasteiger partial charge >= 0.3 is 0 Å². The maximum Gasteiger partial charge on any atom is 0.237 e. The van der Waals surface area contributed by atoms with Crippen LogP contribution in [0.3, 0.4) is 0 Å². The Hall–Kier alpha value is -2.95. The zero-order valence-electron chi connectivity index (χ0n) is 18.5. The number of nitrogens with one attached hydrogen (secondary N) is 2. The molecule has 0 radical (unpaired) electrons. The number of amides is 1. The van der Waals surface area contributed by atoms with Crippen molar-refractivity contribution in [2.24, 2.45) is 5.73 Å². The predicted molar refractivity (Wildman–Crippen MR) is 131 cm³/mol. The topological polar surface area (TPSA) is 67.1 Å². The summed E-state index contributed by atoms with van der Waals surface area (Å²) in [6, 6.07) is 29.4. The van der Waals surface area contributed by atoms with Gasteiger partial charge in [0, 0.05) is 18.5 Å². The van der Waals surface area contributed by atoms with Gasteiger partial charge in [-0.15, -0.1) is 0 Å². The molecular weight excluding hydrogens is 394 g/mol. The largest absolute Gasteiger partial charge is 0.351 e. The molecule has 4 nitrogen and oxygen atoms in total. The maximum absolute atomic E-state index is 12.4. The van der Waals surface area contributed by atoms with Crippen molar-refractivity contribution in [3.63, 3.8) is 0 Å². The number of hydrogen-bond acceptors (Lipinski definition) is 3. The number of carbonyl (C=O) groups excluding carboxylic acids is 1. The zero-order chi connectivity index (χ0) is 22.2. The fraction of sp³-hybridized carbons (Fsp3) is 0.321. The average Bonchev–Trinajstić information content (AvgIpc) is 3.63. The smallest absolute Gasteiger partial charge is 0.237 e. The molecule has 0 heterocycles. The predicted octanol–water partition coefficient (Wildman–Crippen LogP) is 4.61. The van der Waals surface area contributed by atoms with Crippen LogP contribution in [-0.4, -0.2) is 24.5 Å². The molecule has 1 amide bonds. The van der Waals surface area contributed by atoms with Gasteiger partial charge in [0.15, 0.2) is 0 Å². The first-order valence-electron chi connectivity index (χ1n) is 11.7. The number of benzene rings is 3. The molecule has 0 spiro atoms. The minimum absolute atomic E-state index is 0.0746.